The average molecular weight is 554 g/mol. The largest absolute Gasteiger partial charge is 0.485 e. The molecule has 0 aliphatic carbocycles. The molecule has 1 aliphatic heterocycles. The van der Waals surface area contributed by atoms with Crippen molar-refractivity contribution in [2.45, 2.75) is 46.1 Å². The highest BCUT2D eigenvalue weighted by Crippen LogP contribution is 2.39. The van der Waals surface area contributed by atoms with E-state index in [4.69, 9.17) is 26.6 Å². The van der Waals surface area contributed by atoms with Crippen molar-refractivity contribution < 1.29 is 18.3 Å². The third kappa shape index (κ3) is 5.36. The first-order chi connectivity index (χ1) is 18.1. The number of hydrogen-bond acceptors (Lipinski definition) is 8. The highest BCUT2D eigenvalue weighted by molar-refractivity contribution is 7.10. The Balaban J connectivity index is 1.65. The Morgan fingerprint density at radius 1 is 1.18 bits per heavy atom. The molecule has 0 bridgehead atoms. The Morgan fingerprint density at radius 3 is 2.63 bits per heavy atom. The highest BCUT2D eigenvalue weighted by Gasteiger charge is 2.29. The van der Waals surface area contributed by atoms with Crippen molar-refractivity contribution in [1.29, 1.82) is 5.26 Å². The van der Waals surface area contributed by atoms with Gasteiger partial charge in [-0.25, -0.2) is 18.6 Å². The number of carbonyl (C=O) groups excluding carboxylic acids is 1. The summed E-state index contributed by atoms with van der Waals surface area (Å²) in [7, 11) is 0. The number of thiazole rings is 1. The number of aryl methyl sites for hydroxylation is 1. The fourth-order valence-corrected chi connectivity index (χ4v) is 4.95. The van der Waals surface area contributed by atoms with Gasteiger partial charge < -0.3 is 9.64 Å². The number of nitrogens with zero attached hydrogens (tertiary/aromatic N) is 5. The molecule has 0 saturated heterocycles. The molecule has 4 heterocycles. The summed E-state index contributed by atoms with van der Waals surface area (Å²) in [6.45, 7) is 7.21. The molecule has 0 atom stereocenters. The van der Waals surface area contributed by atoms with E-state index >= 15 is 0 Å². The molecule has 3 aromatic heterocycles. The van der Waals surface area contributed by atoms with E-state index in [0.29, 0.717) is 35.3 Å². The van der Waals surface area contributed by atoms with Crippen LogP contribution in [0.25, 0.3) is 11.4 Å². The first-order valence-electron chi connectivity index (χ1n) is 11.4. The summed E-state index contributed by atoms with van der Waals surface area (Å²) in [5.74, 6) is 0.352. The monoisotopic (exact) mass is 553 g/mol. The smallest absolute Gasteiger partial charge is 0.154 e. The van der Waals surface area contributed by atoms with Crippen LogP contribution >= 0.6 is 22.9 Å². The Labute approximate surface area is 227 Å². The van der Waals surface area contributed by atoms with Crippen molar-refractivity contribution in [1.82, 2.24) is 15.0 Å². The highest BCUT2D eigenvalue weighted by atomic mass is 35.5. The van der Waals surface area contributed by atoms with Gasteiger partial charge in [-0.3, -0.25) is 9.97 Å². The van der Waals surface area contributed by atoms with Crippen LogP contribution in [0.15, 0.2) is 58.2 Å². The Hall–Kier alpha value is -3.90. The molecule has 0 unspecified atom stereocenters. The predicted octanol–water partition coefficient (Wildman–Crippen LogP) is 6.48. The van der Waals surface area contributed by atoms with Gasteiger partial charge in [0.25, 0.3) is 0 Å². The second kappa shape index (κ2) is 10.8. The lowest BCUT2D eigenvalue weighted by atomic mass is 9.91. The number of rotatable bonds is 7. The van der Waals surface area contributed by atoms with Gasteiger partial charge in [-0.2, -0.15) is 5.26 Å². The zero-order valence-corrected chi connectivity index (χ0v) is 22.5. The molecule has 194 valence electrons. The van der Waals surface area contributed by atoms with Crippen LogP contribution in [0, 0.1) is 29.9 Å². The molecular formula is C27H22ClF2N5O2S. The van der Waals surface area contributed by atoms with E-state index < -0.39 is 17.0 Å². The molecule has 0 amide bonds. The molecular weight excluding hydrogens is 532 g/mol. The minimum absolute atomic E-state index is 0.00331. The maximum atomic E-state index is 14.0. The summed E-state index contributed by atoms with van der Waals surface area (Å²) in [6.07, 6.45) is 4.50. The number of aromatic nitrogens is 3. The number of allylic oxidation sites excluding steroid dienone is 3. The molecule has 0 radical (unpaired) electrons. The number of anilines is 1. The van der Waals surface area contributed by atoms with Crippen LogP contribution in [0.1, 0.15) is 43.5 Å². The second-order valence-corrected chi connectivity index (χ2v) is 10.5. The molecule has 38 heavy (non-hydrogen) atoms. The normalized spacial score (nSPS) is 13.8. The predicted molar refractivity (Wildman–Crippen MR) is 141 cm³/mol. The lowest BCUT2D eigenvalue weighted by molar-refractivity contribution is 0.200. The van der Waals surface area contributed by atoms with Crippen molar-refractivity contribution in [2.75, 3.05) is 4.90 Å². The molecule has 11 heteroatoms. The van der Waals surface area contributed by atoms with Gasteiger partial charge in [-0.15, -0.1) is 11.3 Å². The molecule has 0 N–H and O–H groups in total. The first kappa shape index (κ1) is 27.1. The van der Waals surface area contributed by atoms with Gasteiger partial charge in [0.1, 0.15) is 28.9 Å². The van der Waals surface area contributed by atoms with Gasteiger partial charge in [0.2, 0.25) is 0 Å². The van der Waals surface area contributed by atoms with E-state index in [9.17, 15) is 13.6 Å². The zero-order valence-electron chi connectivity index (χ0n) is 21.0. The minimum Gasteiger partial charge on any atom is -0.485 e. The third-order valence-electron chi connectivity index (χ3n) is 5.87. The van der Waals surface area contributed by atoms with Crippen molar-refractivity contribution in [3.05, 3.63) is 86.1 Å². The number of ether oxygens (including phenoxy) is 1. The van der Waals surface area contributed by atoms with Crippen molar-refractivity contribution in [3.63, 3.8) is 0 Å². The van der Waals surface area contributed by atoms with E-state index in [1.165, 1.54) is 11.3 Å². The SMILES string of the molecule is CC1=CC(OCc2ncc(F)cc2F)=C(Cl)C(=C=O)N1c1cc(-c2csc(C(C)(C)CC#N)n2)ncc1C. The molecule has 0 aromatic carbocycles. The first-order valence-corrected chi connectivity index (χ1v) is 12.7. The molecule has 0 saturated carbocycles. The van der Waals surface area contributed by atoms with E-state index in [1.807, 2.05) is 32.1 Å². The summed E-state index contributed by atoms with van der Waals surface area (Å²) in [4.78, 5) is 26.6. The minimum atomic E-state index is -0.854. The van der Waals surface area contributed by atoms with E-state index in [-0.39, 0.29) is 28.8 Å². The third-order valence-corrected chi connectivity index (χ3v) is 7.44. The van der Waals surface area contributed by atoms with Crippen LogP contribution in [0.2, 0.25) is 0 Å². The standard InChI is InChI=1S/C27H22ClF2N5O2S/c1-15-10-32-19(21-14-38-26(34-21)27(3,4)5-6-31)9-22(15)35-16(2)7-24(25(28)23(35)12-36)37-13-20-18(30)8-17(29)11-33-20/h7-11,14H,5,13H2,1-4H3. The quantitative estimate of drug-likeness (QED) is 0.309. The Bertz CT molecular complexity index is 1570. The van der Waals surface area contributed by atoms with Crippen LogP contribution in [-0.4, -0.2) is 20.9 Å². The van der Waals surface area contributed by atoms with Crippen LogP contribution in [0.5, 0.6) is 0 Å². The van der Waals surface area contributed by atoms with Gasteiger partial charge >= 0.3 is 0 Å². The van der Waals surface area contributed by atoms with Gasteiger partial charge in [0.15, 0.2) is 17.5 Å². The summed E-state index contributed by atoms with van der Waals surface area (Å²) in [5.41, 5.74) is 2.71. The lowest BCUT2D eigenvalue weighted by Gasteiger charge is -2.31. The van der Waals surface area contributed by atoms with Gasteiger partial charge in [-0.1, -0.05) is 25.4 Å². The van der Waals surface area contributed by atoms with Crippen LogP contribution < -0.4 is 4.90 Å². The average Bonchev–Trinajstić information content (AvgIpc) is 3.37. The lowest BCUT2D eigenvalue weighted by Crippen LogP contribution is -2.26. The van der Waals surface area contributed by atoms with E-state index in [1.54, 1.807) is 30.2 Å². The van der Waals surface area contributed by atoms with Gasteiger partial charge in [0.05, 0.1) is 34.3 Å². The molecule has 7 nitrogen and oxygen atoms in total. The number of nitriles is 1. The van der Waals surface area contributed by atoms with Gasteiger partial charge in [-0.05, 0) is 25.5 Å². The number of halogens is 3. The Morgan fingerprint density at radius 2 is 1.95 bits per heavy atom. The maximum absolute atomic E-state index is 14.0. The summed E-state index contributed by atoms with van der Waals surface area (Å²) in [6, 6.07) is 4.71. The van der Waals surface area contributed by atoms with Crippen LogP contribution in [0.4, 0.5) is 14.5 Å². The molecule has 0 fully saturated rings. The molecule has 1 aliphatic rings. The molecule has 4 rings (SSSR count). The van der Waals surface area contributed by atoms with Crippen LogP contribution in [-0.2, 0) is 21.6 Å². The molecule has 0 spiro atoms. The Kier molecular flexibility index (Phi) is 7.74. The van der Waals surface area contributed by atoms with E-state index in [2.05, 4.69) is 16.0 Å². The van der Waals surface area contributed by atoms with Crippen molar-refractivity contribution >= 4 is 34.6 Å². The van der Waals surface area contributed by atoms with Crippen molar-refractivity contribution in [2.24, 2.45) is 0 Å². The summed E-state index contributed by atoms with van der Waals surface area (Å²) >= 11 is 7.98. The topological polar surface area (TPSA) is 92.0 Å². The van der Waals surface area contributed by atoms with Crippen LogP contribution in [0.3, 0.4) is 0 Å². The number of pyridine rings is 2. The van der Waals surface area contributed by atoms with E-state index in [0.717, 1.165) is 16.8 Å². The van der Waals surface area contributed by atoms with Gasteiger partial charge in [0, 0.05) is 41.3 Å². The zero-order chi connectivity index (χ0) is 27.6. The maximum Gasteiger partial charge on any atom is 0.154 e. The fourth-order valence-electron chi connectivity index (χ4n) is 3.78. The molecule has 3 aromatic rings. The summed E-state index contributed by atoms with van der Waals surface area (Å²) in [5, 5.41) is 11.8. The second-order valence-electron chi connectivity index (χ2n) is 9.23. The number of hydrogen-bond donors (Lipinski definition) is 0. The fraction of sp³-hybridized carbons (Fsp3) is 0.259. The van der Waals surface area contributed by atoms with Crippen molar-refractivity contribution in [3.8, 4) is 17.5 Å². The summed E-state index contributed by atoms with van der Waals surface area (Å²) < 4.78 is 32.8.